The summed E-state index contributed by atoms with van der Waals surface area (Å²) in [5, 5.41) is 8.09. The van der Waals surface area contributed by atoms with Crippen LogP contribution in [0.5, 0.6) is 0 Å². The third kappa shape index (κ3) is 3.03. The number of aromatic nitrogens is 2. The van der Waals surface area contributed by atoms with E-state index in [-0.39, 0.29) is 11.3 Å². The minimum atomic E-state index is -0.519. The molecule has 3 unspecified atom stereocenters. The number of guanidine groups is 1. The number of hydrogen-bond acceptors (Lipinski definition) is 5. The van der Waals surface area contributed by atoms with E-state index in [0.717, 1.165) is 36.1 Å². The summed E-state index contributed by atoms with van der Waals surface area (Å²) in [7, 11) is 0. The first-order valence-electron chi connectivity index (χ1n) is 9.87. The molecule has 146 valence electrons. The summed E-state index contributed by atoms with van der Waals surface area (Å²) in [6.07, 6.45) is 17.7. The summed E-state index contributed by atoms with van der Waals surface area (Å²) in [6.45, 7) is 6.39. The molecule has 0 radical (unpaired) electrons. The van der Waals surface area contributed by atoms with Crippen LogP contribution < -0.4 is 16.4 Å². The average molecular weight is 377 g/mol. The lowest BCUT2D eigenvalue weighted by Gasteiger charge is -2.48. The number of nitrogens with two attached hydrogens (primary N) is 1. The molecule has 3 heterocycles. The number of hydrogen-bond donors (Lipinski definition) is 4. The second-order valence-corrected chi connectivity index (χ2v) is 7.76. The van der Waals surface area contributed by atoms with Gasteiger partial charge in [0.2, 0.25) is 0 Å². The molecule has 0 spiro atoms. The van der Waals surface area contributed by atoms with Crippen LogP contribution >= 0.6 is 0 Å². The van der Waals surface area contributed by atoms with E-state index in [1.807, 2.05) is 18.5 Å². The number of allylic oxidation sites excluding steroid dienone is 3. The monoisotopic (exact) mass is 376 g/mol. The molecule has 1 aliphatic carbocycles. The number of aliphatic imine (C=N–C) groups is 1. The van der Waals surface area contributed by atoms with E-state index in [0.29, 0.717) is 5.96 Å². The molecule has 6 heteroatoms. The van der Waals surface area contributed by atoms with Gasteiger partial charge in [-0.1, -0.05) is 38.2 Å². The molecule has 0 saturated carbocycles. The zero-order valence-corrected chi connectivity index (χ0v) is 16.4. The molecule has 2 aromatic rings. The maximum Gasteiger partial charge on any atom is 0.194 e. The van der Waals surface area contributed by atoms with E-state index in [4.69, 9.17) is 5.73 Å². The highest BCUT2D eigenvalue weighted by Gasteiger charge is 2.48. The molecule has 28 heavy (non-hydrogen) atoms. The van der Waals surface area contributed by atoms with Crippen molar-refractivity contribution in [1.82, 2.24) is 20.6 Å². The second kappa shape index (κ2) is 7.28. The first kappa shape index (κ1) is 18.5. The van der Waals surface area contributed by atoms with Gasteiger partial charge in [0.15, 0.2) is 5.96 Å². The molecular weight excluding hydrogens is 348 g/mol. The Morgan fingerprint density at radius 1 is 1.29 bits per heavy atom. The molecule has 0 fully saturated rings. The summed E-state index contributed by atoms with van der Waals surface area (Å²) in [4.78, 5) is 12.1. The van der Waals surface area contributed by atoms with E-state index < -0.39 is 5.54 Å². The van der Waals surface area contributed by atoms with Gasteiger partial charge in [-0.3, -0.25) is 0 Å². The SMILES string of the molecule is CCNCCC1(C)C=CC=CC1C1(c2c[nH]c3ncccc23)C=CN=C(N)N1. The fourth-order valence-corrected chi connectivity index (χ4v) is 4.54. The van der Waals surface area contributed by atoms with Crippen LogP contribution in [0.25, 0.3) is 11.0 Å². The maximum absolute atomic E-state index is 6.18. The normalized spacial score (nSPS) is 29.1. The second-order valence-electron chi connectivity index (χ2n) is 7.76. The lowest BCUT2D eigenvalue weighted by atomic mass is 9.61. The first-order chi connectivity index (χ1) is 13.6. The van der Waals surface area contributed by atoms with Gasteiger partial charge in [-0.05, 0) is 43.1 Å². The average Bonchev–Trinajstić information content (AvgIpc) is 3.13. The van der Waals surface area contributed by atoms with Crippen LogP contribution in [-0.2, 0) is 5.54 Å². The number of rotatable bonds is 6. The zero-order valence-electron chi connectivity index (χ0n) is 16.4. The van der Waals surface area contributed by atoms with Crippen molar-refractivity contribution in [2.45, 2.75) is 25.8 Å². The Morgan fingerprint density at radius 2 is 2.18 bits per heavy atom. The predicted molar refractivity (Wildman–Crippen MR) is 115 cm³/mol. The molecule has 4 rings (SSSR count). The number of H-pyrrole nitrogens is 1. The van der Waals surface area contributed by atoms with Gasteiger partial charge >= 0.3 is 0 Å². The van der Waals surface area contributed by atoms with E-state index in [1.54, 1.807) is 6.20 Å². The fraction of sp³-hybridized carbons (Fsp3) is 0.364. The number of nitrogens with zero attached hydrogens (tertiary/aromatic N) is 2. The van der Waals surface area contributed by atoms with Crippen LogP contribution in [0.4, 0.5) is 0 Å². The zero-order chi connectivity index (χ0) is 19.6. The molecule has 3 atom stereocenters. The Morgan fingerprint density at radius 3 is 3.00 bits per heavy atom. The molecule has 0 saturated heterocycles. The fourth-order valence-electron chi connectivity index (χ4n) is 4.54. The summed E-state index contributed by atoms with van der Waals surface area (Å²) >= 11 is 0. The lowest BCUT2D eigenvalue weighted by molar-refractivity contribution is 0.185. The smallest absolute Gasteiger partial charge is 0.194 e. The van der Waals surface area contributed by atoms with E-state index in [9.17, 15) is 0 Å². The molecule has 6 nitrogen and oxygen atoms in total. The summed E-state index contributed by atoms with van der Waals surface area (Å²) in [5.41, 5.74) is 7.61. The number of fused-ring (bicyclic) bond motifs is 1. The van der Waals surface area contributed by atoms with Gasteiger partial charge in [-0.2, -0.15) is 0 Å². The van der Waals surface area contributed by atoms with Gasteiger partial charge in [-0.15, -0.1) is 0 Å². The lowest BCUT2D eigenvalue weighted by Crippen LogP contribution is -2.57. The molecule has 5 N–H and O–H groups in total. The minimum Gasteiger partial charge on any atom is -0.370 e. The Kier molecular flexibility index (Phi) is 4.81. The molecule has 0 bridgehead atoms. The van der Waals surface area contributed by atoms with E-state index in [2.05, 4.69) is 75.9 Å². The third-order valence-electron chi connectivity index (χ3n) is 5.97. The molecule has 0 amide bonds. The van der Waals surface area contributed by atoms with Crippen molar-refractivity contribution >= 4 is 17.0 Å². The third-order valence-corrected chi connectivity index (χ3v) is 5.97. The van der Waals surface area contributed by atoms with Crippen LogP contribution in [0.2, 0.25) is 0 Å². The van der Waals surface area contributed by atoms with Gasteiger partial charge in [0.05, 0.1) is 5.54 Å². The highest BCUT2D eigenvalue weighted by molar-refractivity contribution is 5.86. The number of aromatic amines is 1. The van der Waals surface area contributed by atoms with Crippen molar-refractivity contribution in [1.29, 1.82) is 0 Å². The minimum absolute atomic E-state index is 0.0579. The molecule has 2 aliphatic rings. The van der Waals surface area contributed by atoms with Gasteiger partial charge in [0.1, 0.15) is 5.65 Å². The van der Waals surface area contributed by atoms with Gasteiger partial charge in [0, 0.05) is 35.5 Å². The van der Waals surface area contributed by atoms with Crippen LogP contribution in [0.1, 0.15) is 25.8 Å². The summed E-state index contributed by atoms with van der Waals surface area (Å²) in [6, 6.07) is 4.07. The van der Waals surface area contributed by atoms with Crippen molar-refractivity contribution in [3.63, 3.8) is 0 Å². The summed E-state index contributed by atoms with van der Waals surface area (Å²) in [5.74, 6) is 0.575. The van der Waals surface area contributed by atoms with Gasteiger partial charge in [0.25, 0.3) is 0 Å². The first-order valence-corrected chi connectivity index (χ1v) is 9.87. The standard InChI is InChI=1S/C22H28N6/c1-3-24-13-10-21(2)9-5-4-8-18(21)22(11-14-26-20(23)28-22)17-15-27-19-16(17)7-6-12-25-19/h4-9,11-12,14-15,18,24H,3,10,13H2,1-2H3,(H,25,27)(H3,23,26,28). The van der Waals surface area contributed by atoms with Crippen LogP contribution in [-0.4, -0.2) is 29.0 Å². The van der Waals surface area contributed by atoms with Crippen molar-refractivity contribution in [2.24, 2.45) is 22.1 Å². The van der Waals surface area contributed by atoms with Crippen LogP contribution in [0.3, 0.4) is 0 Å². The molecule has 2 aromatic heterocycles. The highest BCUT2D eigenvalue weighted by atomic mass is 15.2. The van der Waals surface area contributed by atoms with E-state index >= 15 is 0 Å². The Bertz CT molecular complexity index is 968. The quantitative estimate of drug-likeness (QED) is 0.584. The maximum atomic E-state index is 6.18. The van der Waals surface area contributed by atoms with Crippen molar-refractivity contribution in [3.8, 4) is 0 Å². The van der Waals surface area contributed by atoms with Crippen LogP contribution in [0, 0.1) is 11.3 Å². The molecular formula is C22H28N6. The van der Waals surface area contributed by atoms with Crippen molar-refractivity contribution < 1.29 is 0 Å². The van der Waals surface area contributed by atoms with Gasteiger partial charge < -0.3 is 21.4 Å². The Balaban J connectivity index is 1.84. The van der Waals surface area contributed by atoms with Crippen molar-refractivity contribution in [2.75, 3.05) is 13.1 Å². The Hall–Kier alpha value is -2.86. The molecule has 1 aliphatic heterocycles. The number of nitrogens with one attached hydrogen (secondary N) is 3. The van der Waals surface area contributed by atoms with Gasteiger partial charge in [-0.25, -0.2) is 9.98 Å². The molecule has 0 aromatic carbocycles. The highest BCUT2D eigenvalue weighted by Crippen LogP contribution is 2.49. The van der Waals surface area contributed by atoms with Crippen LogP contribution in [0.15, 0.2) is 66.1 Å². The van der Waals surface area contributed by atoms with E-state index in [1.165, 1.54) is 0 Å². The number of pyridine rings is 1. The summed E-state index contributed by atoms with van der Waals surface area (Å²) < 4.78 is 0. The van der Waals surface area contributed by atoms with Crippen molar-refractivity contribution in [3.05, 3.63) is 66.7 Å². The predicted octanol–water partition coefficient (Wildman–Crippen LogP) is 2.94. The topological polar surface area (TPSA) is 91.1 Å². The Labute approximate surface area is 165 Å². The largest absolute Gasteiger partial charge is 0.370 e.